The minimum atomic E-state index is -0.402. The van der Waals surface area contributed by atoms with Crippen molar-refractivity contribution in [2.45, 2.75) is 38.1 Å². The third kappa shape index (κ3) is 5.08. The fourth-order valence-corrected chi connectivity index (χ4v) is 4.89. The number of thiazole rings is 1. The lowest BCUT2D eigenvalue weighted by atomic mass is 10.3. The van der Waals surface area contributed by atoms with Gasteiger partial charge in [0.15, 0.2) is 22.2 Å². The summed E-state index contributed by atoms with van der Waals surface area (Å²) in [6.45, 7) is 5.89. The van der Waals surface area contributed by atoms with Gasteiger partial charge in [-0.1, -0.05) is 35.2 Å². The van der Waals surface area contributed by atoms with Crippen LogP contribution in [0.1, 0.15) is 38.7 Å². The first-order valence-electron chi connectivity index (χ1n) is 10.1. The summed E-state index contributed by atoms with van der Waals surface area (Å²) in [5.74, 6) is 0.872. The number of fused-ring (bicyclic) bond motifs is 1. The highest BCUT2D eigenvalue weighted by atomic mass is 32.2. The molecule has 1 amide bonds. The second-order valence-electron chi connectivity index (χ2n) is 7.34. The Bertz CT molecular complexity index is 1190. The van der Waals surface area contributed by atoms with Crippen molar-refractivity contribution in [1.82, 2.24) is 19.7 Å². The zero-order valence-electron chi connectivity index (χ0n) is 17.8. The molecule has 1 N–H and O–H groups in total. The van der Waals surface area contributed by atoms with Crippen LogP contribution >= 0.6 is 23.1 Å². The Labute approximate surface area is 193 Å². The van der Waals surface area contributed by atoms with Crippen LogP contribution in [0, 0.1) is 5.82 Å². The van der Waals surface area contributed by atoms with Crippen LogP contribution in [0.25, 0.3) is 10.2 Å². The molecule has 2 aromatic heterocycles. The van der Waals surface area contributed by atoms with E-state index in [2.05, 4.69) is 20.5 Å². The van der Waals surface area contributed by atoms with Gasteiger partial charge < -0.3 is 14.6 Å². The van der Waals surface area contributed by atoms with Crippen LogP contribution in [0.3, 0.4) is 0 Å². The summed E-state index contributed by atoms with van der Waals surface area (Å²) in [6.07, 6.45) is -0.402. The zero-order chi connectivity index (χ0) is 22.7. The third-order valence-corrected chi connectivity index (χ3v) is 6.46. The van der Waals surface area contributed by atoms with Crippen molar-refractivity contribution in [3.63, 3.8) is 0 Å². The number of anilines is 1. The molecule has 2 aromatic carbocycles. The number of aromatic nitrogens is 4. The number of carbonyl (C=O) groups is 1. The maximum Gasteiger partial charge on any atom is 0.236 e. The SMILES string of the molecule is CC(Oc1ccc(F)cc1)c1nnc(SCC(=O)Nc2nc3ccccc3s2)n1C(C)C. The molecule has 2 heterocycles. The number of benzene rings is 2. The first-order chi connectivity index (χ1) is 15.4. The molecule has 7 nitrogen and oxygen atoms in total. The van der Waals surface area contributed by atoms with Crippen molar-refractivity contribution in [2.24, 2.45) is 0 Å². The van der Waals surface area contributed by atoms with Crippen LogP contribution in [0.5, 0.6) is 5.75 Å². The fourth-order valence-electron chi connectivity index (χ4n) is 3.13. The highest BCUT2D eigenvalue weighted by Crippen LogP contribution is 2.29. The van der Waals surface area contributed by atoms with Crippen LogP contribution in [0.15, 0.2) is 53.7 Å². The van der Waals surface area contributed by atoms with Gasteiger partial charge >= 0.3 is 0 Å². The first-order valence-corrected chi connectivity index (χ1v) is 11.9. The van der Waals surface area contributed by atoms with Crippen LogP contribution < -0.4 is 10.1 Å². The highest BCUT2D eigenvalue weighted by Gasteiger charge is 2.22. The summed E-state index contributed by atoms with van der Waals surface area (Å²) < 4.78 is 22.0. The topological polar surface area (TPSA) is 81.9 Å². The maximum atomic E-state index is 13.1. The van der Waals surface area contributed by atoms with E-state index >= 15 is 0 Å². The molecule has 0 aliphatic rings. The van der Waals surface area contributed by atoms with Gasteiger partial charge in [0, 0.05) is 6.04 Å². The second-order valence-corrected chi connectivity index (χ2v) is 9.32. The molecule has 0 radical (unpaired) electrons. The number of hydrogen-bond donors (Lipinski definition) is 1. The Balaban J connectivity index is 1.42. The van der Waals surface area contributed by atoms with E-state index in [1.807, 2.05) is 49.6 Å². The first kappa shape index (κ1) is 22.2. The number of rotatable bonds is 8. The van der Waals surface area contributed by atoms with Crippen LogP contribution in [-0.2, 0) is 4.79 Å². The van der Waals surface area contributed by atoms with Crippen molar-refractivity contribution in [3.8, 4) is 5.75 Å². The van der Waals surface area contributed by atoms with Gasteiger partial charge in [0.1, 0.15) is 11.6 Å². The molecule has 1 unspecified atom stereocenters. The van der Waals surface area contributed by atoms with E-state index in [9.17, 15) is 9.18 Å². The smallest absolute Gasteiger partial charge is 0.236 e. The van der Waals surface area contributed by atoms with Gasteiger partial charge in [0.05, 0.1) is 16.0 Å². The molecular formula is C22H22FN5O2S2. The summed E-state index contributed by atoms with van der Waals surface area (Å²) >= 11 is 2.74. The minimum Gasteiger partial charge on any atom is -0.483 e. The number of ether oxygens (including phenoxy) is 1. The van der Waals surface area contributed by atoms with Crippen LogP contribution in [-0.4, -0.2) is 31.4 Å². The normalized spacial score (nSPS) is 12.3. The number of nitrogens with zero attached hydrogens (tertiary/aromatic N) is 4. The summed E-state index contributed by atoms with van der Waals surface area (Å²) in [5, 5.41) is 12.6. The minimum absolute atomic E-state index is 0.0640. The van der Waals surface area contributed by atoms with Gasteiger partial charge in [-0.25, -0.2) is 9.37 Å². The van der Waals surface area contributed by atoms with Crippen molar-refractivity contribution in [1.29, 1.82) is 0 Å². The average molecular weight is 472 g/mol. The quantitative estimate of drug-likeness (QED) is 0.343. The molecule has 0 saturated heterocycles. The lowest BCUT2D eigenvalue weighted by Gasteiger charge is -2.18. The number of hydrogen-bond acceptors (Lipinski definition) is 7. The Morgan fingerprint density at radius 3 is 2.62 bits per heavy atom. The molecule has 0 spiro atoms. The number of amides is 1. The number of thioether (sulfide) groups is 1. The lowest BCUT2D eigenvalue weighted by molar-refractivity contribution is -0.113. The van der Waals surface area contributed by atoms with Gasteiger partial charge in [-0.3, -0.25) is 4.79 Å². The molecule has 4 rings (SSSR count). The van der Waals surface area contributed by atoms with E-state index < -0.39 is 6.10 Å². The number of carbonyl (C=O) groups excluding carboxylic acids is 1. The molecule has 10 heteroatoms. The monoisotopic (exact) mass is 471 g/mol. The Morgan fingerprint density at radius 2 is 1.91 bits per heavy atom. The van der Waals surface area contributed by atoms with Gasteiger partial charge in [-0.15, -0.1) is 10.2 Å². The van der Waals surface area contributed by atoms with E-state index in [0.717, 1.165) is 10.2 Å². The summed E-state index contributed by atoms with van der Waals surface area (Å²) in [5.41, 5.74) is 0.861. The molecule has 1 atom stereocenters. The summed E-state index contributed by atoms with van der Waals surface area (Å²) in [7, 11) is 0. The highest BCUT2D eigenvalue weighted by molar-refractivity contribution is 7.99. The van der Waals surface area contributed by atoms with Gasteiger partial charge in [-0.05, 0) is 57.2 Å². The largest absolute Gasteiger partial charge is 0.483 e. The summed E-state index contributed by atoms with van der Waals surface area (Å²) in [6, 6.07) is 13.7. The van der Waals surface area contributed by atoms with E-state index in [1.54, 1.807) is 12.1 Å². The standard InChI is InChI=1S/C22H22FN5O2S2/c1-13(2)28-20(14(3)30-16-10-8-15(23)9-11-16)26-27-22(28)31-12-19(29)25-21-24-17-6-4-5-7-18(17)32-21/h4-11,13-14H,12H2,1-3H3,(H,24,25,29). The Morgan fingerprint density at radius 1 is 1.16 bits per heavy atom. The Kier molecular flexibility index (Phi) is 6.71. The van der Waals surface area contributed by atoms with Gasteiger partial charge in [0.2, 0.25) is 5.91 Å². The van der Waals surface area contributed by atoms with Crippen molar-refractivity contribution >= 4 is 44.4 Å². The van der Waals surface area contributed by atoms with Crippen molar-refractivity contribution in [3.05, 3.63) is 60.2 Å². The predicted molar refractivity (Wildman–Crippen MR) is 125 cm³/mol. The predicted octanol–water partition coefficient (Wildman–Crippen LogP) is 5.48. The van der Waals surface area contributed by atoms with Crippen LogP contribution in [0.4, 0.5) is 9.52 Å². The molecule has 166 valence electrons. The molecule has 0 fully saturated rings. The van der Waals surface area contributed by atoms with E-state index in [4.69, 9.17) is 4.74 Å². The third-order valence-electron chi connectivity index (χ3n) is 4.57. The molecule has 0 bridgehead atoms. The van der Waals surface area contributed by atoms with E-state index in [0.29, 0.717) is 21.9 Å². The van der Waals surface area contributed by atoms with Crippen molar-refractivity contribution < 1.29 is 13.9 Å². The van der Waals surface area contributed by atoms with Gasteiger partial charge in [0.25, 0.3) is 0 Å². The molecule has 4 aromatic rings. The molecule has 0 aliphatic heterocycles. The number of halogens is 1. The Hall–Kier alpha value is -2.98. The second kappa shape index (κ2) is 9.66. The zero-order valence-corrected chi connectivity index (χ0v) is 19.4. The number of para-hydroxylation sites is 1. The average Bonchev–Trinajstić information content (AvgIpc) is 3.37. The van der Waals surface area contributed by atoms with Crippen molar-refractivity contribution in [2.75, 3.05) is 11.1 Å². The molecule has 0 saturated carbocycles. The van der Waals surface area contributed by atoms with Crippen LogP contribution in [0.2, 0.25) is 0 Å². The van der Waals surface area contributed by atoms with E-state index in [1.165, 1.54) is 35.2 Å². The van der Waals surface area contributed by atoms with E-state index in [-0.39, 0.29) is 23.5 Å². The fraction of sp³-hybridized carbons (Fsp3) is 0.273. The number of nitrogens with one attached hydrogen (secondary N) is 1. The molecule has 32 heavy (non-hydrogen) atoms. The maximum absolute atomic E-state index is 13.1. The molecule has 0 aliphatic carbocycles. The molecular weight excluding hydrogens is 449 g/mol. The van der Waals surface area contributed by atoms with Gasteiger partial charge in [-0.2, -0.15) is 0 Å². The summed E-state index contributed by atoms with van der Waals surface area (Å²) in [4.78, 5) is 16.9. The lowest BCUT2D eigenvalue weighted by Crippen LogP contribution is -2.16.